The number of anilines is 1. The van der Waals surface area contributed by atoms with Crippen LogP contribution in [0.3, 0.4) is 0 Å². The Labute approximate surface area is 183 Å². The third-order valence-electron chi connectivity index (χ3n) is 5.25. The number of rotatable bonds is 4. The Morgan fingerprint density at radius 1 is 0.933 bits per heavy atom. The highest BCUT2D eigenvalue weighted by molar-refractivity contribution is 7.88. The van der Waals surface area contributed by atoms with Crippen LogP contribution in [-0.2, 0) is 10.0 Å². The van der Waals surface area contributed by atoms with Gasteiger partial charge in [-0.05, 0) is 17.0 Å². The topological polar surface area (TPSA) is 66.4 Å². The first-order valence-electron chi connectivity index (χ1n) is 9.59. The van der Waals surface area contributed by atoms with Crippen molar-refractivity contribution in [2.24, 2.45) is 0 Å². The van der Waals surface area contributed by atoms with Gasteiger partial charge in [0.15, 0.2) is 5.82 Å². The Kier molecular flexibility index (Phi) is 5.06. The summed E-state index contributed by atoms with van der Waals surface area (Å²) in [4.78, 5) is 14.0. The van der Waals surface area contributed by atoms with Crippen LogP contribution in [0.4, 0.5) is 5.82 Å². The molecule has 0 radical (unpaired) electrons. The predicted molar refractivity (Wildman–Crippen MR) is 125 cm³/mol. The lowest BCUT2D eigenvalue weighted by Gasteiger charge is -2.34. The molecule has 5 rings (SSSR count). The summed E-state index contributed by atoms with van der Waals surface area (Å²) in [6.45, 7) is 2.13. The molecule has 0 N–H and O–H groups in total. The molecule has 0 atom stereocenters. The van der Waals surface area contributed by atoms with E-state index in [2.05, 4.69) is 22.4 Å². The number of nitrogens with zero attached hydrogens (tertiary/aromatic N) is 4. The molecule has 6 nitrogen and oxygen atoms in total. The fourth-order valence-electron chi connectivity index (χ4n) is 3.73. The van der Waals surface area contributed by atoms with E-state index in [1.807, 2.05) is 35.7 Å². The van der Waals surface area contributed by atoms with Crippen molar-refractivity contribution in [3.8, 4) is 21.8 Å². The Balaban J connectivity index is 1.63. The largest absolute Gasteiger partial charge is 0.353 e. The Hall–Kier alpha value is -2.33. The number of hydrogen-bond donors (Lipinski definition) is 0. The van der Waals surface area contributed by atoms with E-state index in [1.165, 1.54) is 10.6 Å². The second-order valence-corrected chi connectivity index (χ2v) is 11.0. The molecule has 154 valence electrons. The lowest BCUT2D eigenvalue weighted by molar-refractivity contribution is 0.387. The van der Waals surface area contributed by atoms with Gasteiger partial charge in [-0.2, -0.15) is 4.31 Å². The number of benzene rings is 1. The number of thiophene rings is 2. The van der Waals surface area contributed by atoms with E-state index in [-0.39, 0.29) is 0 Å². The Bertz CT molecular complexity index is 1280. The van der Waals surface area contributed by atoms with Crippen molar-refractivity contribution in [3.63, 3.8) is 0 Å². The van der Waals surface area contributed by atoms with Gasteiger partial charge in [0.1, 0.15) is 10.6 Å². The first kappa shape index (κ1) is 19.6. The lowest BCUT2D eigenvalue weighted by atomic mass is 10.1. The van der Waals surface area contributed by atoms with Gasteiger partial charge < -0.3 is 4.90 Å². The molecule has 0 saturated carbocycles. The molecule has 1 aliphatic heterocycles. The number of hydrogen-bond acceptors (Lipinski definition) is 7. The summed E-state index contributed by atoms with van der Waals surface area (Å²) in [6, 6.07) is 14.3. The van der Waals surface area contributed by atoms with Crippen LogP contribution in [0, 0.1) is 0 Å². The van der Waals surface area contributed by atoms with Gasteiger partial charge in [-0.15, -0.1) is 22.7 Å². The highest BCUT2D eigenvalue weighted by Gasteiger charge is 2.27. The minimum absolute atomic E-state index is 0.462. The maximum Gasteiger partial charge on any atom is 0.211 e. The molecular formula is C21H20N4O2S3. The maximum absolute atomic E-state index is 11.9. The molecule has 0 unspecified atom stereocenters. The van der Waals surface area contributed by atoms with Gasteiger partial charge in [0.2, 0.25) is 10.0 Å². The fraction of sp³-hybridized carbons (Fsp3) is 0.238. The standard InChI is InChI=1S/C21H20N4O2S3/c1-30(26,27)25-11-9-24(10-12-25)20-18-16(15-6-3-2-4-7-15)14-29-21(18)23-19(22-20)17-8-5-13-28-17/h2-8,13-14H,9-12H2,1H3. The maximum atomic E-state index is 11.9. The van der Waals surface area contributed by atoms with Crippen molar-refractivity contribution in [3.05, 3.63) is 53.2 Å². The molecule has 1 saturated heterocycles. The van der Waals surface area contributed by atoms with Gasteiger partial charge in [0.25, 0.3) is 0 Å². The van der Waals surface area contributed by atoms with Crippen LogP contribution in [-0.4, -0.2) is 55.1 Å². The van der Waals surface area contributed by atoms with Gasteiger partial charge in [0, 0.05) is 37.1 Å². The molecule has 30 heavy (non-hydrogen) atoms. The third kappa shape index (κ3) is 3.62. The minimum Gasteiger partial charge on any atom is -0.353 e. The van der Waals surface area contributed by atoms with Crippen molar-refractivity contribution in [1.82, 2.24) is 14.3 Å². The quantitative estimate of drug-likeness (QED) is 0.461. The first-order valence-corrected chi connectivity index (χ1v) is 13.2. The van der Waals surface area contributed by atoms with Crippen LogP contribution in [0.2, 0.25) is 0 Å². The normalized spacial score (nSPS) is 15.7. The summed E-state index contributed by atoms with van der Waals surface area (Å²) < 4.78 is 25.4. The van der Waals surface area contributed by atoms with Gasteiger partial charge in [0.05, 0.1) is 16.5 Å². The summed E-state index contributed by atoms with van der Waals surface area (Å²) in [6.07, 6.45) is 1.27. The van der Waals surface area contributed by atoms with Gasteiger partial charge in [-0.3, -0.25) is 0 Å². The van der Waals surface area contributed by atoms with Crippen molar-refractivity contribution in [2.45, 2.75) is 0 Å². The highest BCUT2D eigenvalue weighted by atomic mass is 32.2. The van der Waals surface area contributed by atoms with Crippen LogP contribution in [0.25, 0.3) is 32.0 Å². The molecular weight excluding hydrogens is 436 g/mol. The number of aromatic nitrogens is 2. The average molecular weight is 457 g/mol. The Morgan fingerprint density at radius 3 is 2.37 bits per heavy atom. The van der Waals surface area contributed by atoms with Crippen molar-refractivity contribution < 1.29 is 8.42 Å². The van der Waals surface area contributed by atoms with Crippen molar-refractivity contribution >= 4 is 48.7 Å². The average Bonchev–Trinajstić information content (AvgIpc) is 3.43. The van der Waals surface area contributed by atoms with E-state index in [0.29, 0.717) is 26.2 Å². The van der Waals surface area contributed by atoms with Crippen LogP contribution in [0.5, 0.6) is 0 Å². The monoisotopic (exact) mass is 456 g/mol. The van der Waals surface area contributed by atoms with Crippen LogP contribution in [0.15, 0.2) is 53.2 Å². The second kappa shape index (κ2) is 7.73. The number of sulfonamides is 1. The zero-order valence-corrected chi connectivity index (χ0v) is 18.8. The Morgan fingerprint density at radius 2 is 1.70 bits per heavy atom. The molecule has 0 aliphatic carbocycles. The lowest BCUT2D eigenvalue weighted by Crippen LogP contribution is -2.48. The molecule has 4 aromatic rings. The van der Waals surface area contributed by atoms with E-state index >= 15 is 0 Å². The molecule has 1 aliphatic rings. The summed E-state index contributed by atoms with van der Waals surface area (Å²) in [5.41, 5.74) is 2.25. The third-order valence-corrected chi connectivity index (χ3v) is 8.29. The van der Waals surface area contributed by atoms with E-state index < -0.39 is 10.0 Å². The van der Waals surface area contributed by atoms with E-state index in [0.717, 1.165) is 37.9 Å². The zero-order valence-electron chi connectivity index (χ0n) is 16.4. The SMILES string of the molecule is CS(=O)(=O)N1CCN(c2nc(-c3cccs3)nc3scc(-c4ccccc4)c23)CC1. The van der Waals surface area contributed by atoms with Crippen LogP contribution in [0.1, 0.15) is 0 Å². The summed E-state index contributed by atoms with van der Waals surface area (Å²) in [5.74, 6) is 1.61. The van der Waals surface area contributed by atoms with Crippen LogP contribution < -0.4 is 4.90 Å². The summed E-state index contributed by atoms with van der Waals surface area (Å²) >= 11 is 3.24. The van der Waals surface area contributed by atoms with Gasteiger partial charge in [-0.25, -0.2) is 18.4 Å². The molecule has 1 aromatic carbocycles. The van der Waals surface area contributed by atoms with E-state index in [1.54, 1.807) is 22.7 Å². The fourth-order valence-corrected chi connectivity index (χ4v) is 6.16. The number of fused-ring (bicyclic) bond motifs is 1. The predicted octanol–water partition coefficient (Wildman–Crippen LogP) is 4.17. The molecule has 1 fully saturated rings. The van der Waals surface area contributed by atoms with E-state index in [4.69, 9.17) is 9.97 Å². The molecule has 0 bridgehead atoms. The summed E-state index contributed by atoms with van der Waals surface area (Å²) in [5, 5.41) is 5.21. The first-order chi connectivity index (χ1) is 14.5. The molecule has 0 spiro atoms. The molecule has 9 heteroatoms. The second-order valence-electron chi connectivity index (χ2n) is 7.19. The molecule has 4 heterocycles. The smallest absolute Gasteiger partial charge is 0.211 e. The highest BCUT2D eigenvalue weighted by Crippen LogP contribution is 2.40. The molecule has 0 amide bonds. The van der Waals surface area contributed by atoms with Gasteiger partial charge >= 0.3 is 0 Å². The molecule has 3 aromatic heterocycles. The zero-order chi connectivity index (χ0) is 20.7. The van der Waals surface area contributed by atoms with E-state index in [9.17, 15) is 8.42 Å². The summed E-state index contributed by atoms with van der Waals surface area (Å²) in [7, 11) is -3.18. The number of piperazine rings is 1. The van der Waals surface area contributed by atoms with Crippen molar-refractivity contribution in [1.29, 1.82) is 0 Å². The van der Waals surface area contributed by atoms with Gasteiger partial charge in [-0.1, -0.05) is 36.4 Å². The minimum atomic E-state index is -3.18. The van der Waals surface area contributed by atoms with Crippen LogP contribution >= 0.6 is 22.7 Å². The van der Waals surface area contributed by atoms with Crippen molar-refractivity contribution in [2.75, 3.05) is 37.3 Å².